The molecule has 0 aliphatic heterocycles. The van der Waals surface area contributed by atoms with Crippen LogP contribution in [0.15, 0.2) is 42.5 Å². The maximum absolute atomic E-state index is 12.0. The van der Waals surface area contributed by atoms with Crippen molar-refractivity contribution in [3.05, 3.63) is 59.2 Å². The van der Waals surface area contributed by atoms with E-state index in [0.717, 1.165) is 17.0 Å². The molecule has 2 rings (SSSR count). The van der Waals surface area contributed by atoms with Crippen molar-refractivity contribution in [2.45, 2.75) is 13.8 Å². The molecule has 2 aromatic carbocycles. The molecule has 0 aromatic heterocycles. The van der Waals surface area contributed by atoms with E-state index in [0.29, 0.717) is 18.7 Å². The number of amides is 1. The van der Waals surface area contributed by atoms with Crippen LogP contribution in [0.3, 0.4) is 0 Å². The summed E-state index contributed by atoms with van der Waals surface area (Å²) in [6.45, 7) is 4.36. The minimum Gasteiger partial charge on any atom is -0.491 e. The molecule has 6 nitrogen and oxygen atoms in total. The van der Waals surface area contributed by atoms with Gasteiger partial charge in [0.25, 0.3) is 5.91 Å². The van der Waals surface area contributed by atoms with E-state index >= 15 is 0 Å². The lowest BCUT2D eigenvalue weighted by Gasteiger charge is -2.12. The molecule has 0 unspecified atom stereocenters. The molecule has 0 fully saturated rings. The molecule has 6 heteroatoms. The summed E-state index contributed by atoms with van der Waals surface area (Å²) in [5.41, 5.74) is 3.61. The Kier molecular flexibility index (Phi) is 7.23. The highest BCUT2D eigenvalue weighted by Crippen LogP contribution is 2.18. The number of rotatable bonds is 8. The lowest BCUT2D eigenvalue weighted by Crippen LogP contribution is -2.32. The van der Waals surface area contributed by atoms with Crippen molar-refractivity contribution >= 4 is 17.6 Å². The first-order valence-electron chi connectivity index (χ1n) is 8.78. The highest BCUT2D eigenvalue weighted by Gasteiger charge is 2.10. The summed E-state index contributed by atoms with van der Waals surface area (Å²) in [6.07, 6.45) is 0. The number of hydrogen-bond donors (Lipinski definition) is 1. The zero-order valence-corrected chi connectivity index (χ0v) is 16.2. The molecule has 1 amide bonds. The summed E-state index contributed by atoms with van der Waals surface area (Å²) >= 11 is 0. The Labute approximate surface area is 160 Å². The van der Waals surface area contributed by atoms with Crippen LogP contribution in [0, 0.1) is 13.8 Å². The van der Waals surface area contributed by atoms with Crippen LogP contribution in [0.25, 0.3) is 0 Å². The maximum atomic E-state index is 12.0. The number of esters is 1. The molecule has 2 aromatic rings. The number of anilines is 1. The van der Waals surface area contributed by atoms with Crippen molar-refractivity contribution in [2.24, 2.45) is 0 Å². The third kappa shape index (κ3) is 6.33. The molecule has 144 valence electrons. The molecular formula is C21H26N2O4. The van der Waals surface area contributed by atoms with E-state index in [4.69, 9.17) is 9.47 Å². The van der Waals surface area contributed by atoms with Crippen molar-refractivity contribution in [3.63, 3.8) is 0 Å². The highest BCUT2D eigenvalue weighted by atomic mass is 16.5. The van der Waals surface area contributed by atoms with Gasteiger partial charge < -0.3 is 19.7 Å². The quantitative estimate of drug-likeness (QED) is 0.572. The second-order valence-electron chi connectivity index (χ2n) is 6.48. The van der Waals surface area contributed by atoms with Crippen LogP contribution in [0.2, 0.25) is 0 Å². The van der Waals surface area contributed by atoms with Crippen LogP contribution in [0.1, 0.15) is 21.5 Å². The normalized spacial score (nSPS) is 10.2. The monoisotopic (exact) mass is 370 g/mol. The summed E-state index contributed by atoms with van der Waals surface area (Å²) in [5.74, 6) is -0.0954. The third-order valence-electron chi connectivity index (χ3n) is 3.97. The summed E-state index contributed by atoms with van der Waals surface area (Å²) in [6, 6.07) is 12.9. The number of carbonyl (C=O) groups is 2. The van der Waals surface area contributed by atoms with Gasteiger partial charge in [-0.2, -0.15) is 0 Å². The molecule has 0 atom stereocenters. The number of hydrogen-bond acceptors (Lipinski definition) is 5. The Bertz CT molecular complexity index is 785. The SMILES string of the molecule is Cc1ccc(OCCNC(=O)COC(=O)c2ccc(N(C)C)cc2)c(C)c1. The fourth-order valence-corrected chi connectivity index (χ4v) is 2.47. The Hall–Kier alpha value is -3.02. The first kappa shape index (κ1) is 20.3. The van der Waals surface area contributed by atoms with Gasteiger partial charge in [0.2, 0.25) is 0 Å². The van der Waals surface area contributed by atoms with Gasteiger partial charge in [-0.15, -0.1) is 0 Å². The lowest BCUT2D eigenvalue weighted by molar-refractivity contribution is -0.124. The van der Waals surface area contributed by atoms with Gasteiger partial charge in [-0.05, 0) is 49.7 Å². The van der Waals surface area contributed by atoms with Gasteiger partial charge >= 0.3 is 5.97 Å². The van der Waals surface area contributed by atoms with Gasteiger partial charge in [0, 0.05) is 19.8 Å². The van der Waals surface area contributed by atoms with Gasteiger partial charge in [0.1, 0.15) is 12.4 Å². The molecule has 1 N–H and O–H groups in total. The van der Waals surface area contributed by atoms with E-state index in [1.807, 2.05) is 63.2 Å². The summed E-state index contributed by atoms with van der Waals surface area (Å²) < 4.78 is 10.7. The van der Waals surface area contributed by atoms with Crippen LogP contribution in [0.5, 0.6) is 5.75 Å². The van der Waals surface area contributed by atoms with Crippen LogP contribution in [-0.4, -0.2) is 45.7 Å². The second kappa shape index (κ2) is 9.62. The van der Waals surface area contributed by atoms with Crippen LogP contribution >= 0.6 is 0 Å². The van der Waals surface area contributed by atoms with Crippen molar-refractivity contribution in [1.29, 1.82) is 0 Å². The molecule has 27 heavy (non-hydrogen) atoms. The molecule has 0 radical (unpaired) electrons. The number of aryl methyl sites for hydroxylation is 2. The van der Waals surface area contributed by atoms with Crippen molar-refractivity contribution in [1.82, 2.24) is 5.32 Å². The molecule has 0 aliphatic rings. The van der Waals surface area contributed by atoms with E-state index < -0.39 is 5.97 Å². The average Bonchev–Trinajstić information content (AvgIpc) is 2.64. The van der Waals surface area contributed by atoms with E-state index in [2.05, 4.69) is 5.32 Å². The third-order valence-corrected chi connectivity index (χ3v) is 3.97. The van der Waals surface area contributed by atoms with Gasteiger partial charge in [-0.1, -0.05) is 17.7 Å². The summed E-state index contributed by atoms with van der Waals surface area (Å²) in [7, 11) is 3.84. The Morgan fingerprint density at radius 3 is 2.37 bits per heavy atom. The molecular weight excluding hydrogens is 344 g/mol. The number of carbonyl (C=O) groups excluding carboxylic acids is 2. The summed E-state index contributed by atoms with van der Waals surface area (Å²) in [4.78, 5) is 25.7. The number of ether oxygens (including phenoxy) is 2. The van der Waals surface area contributed by atoms with Gasteiger partial charge in [-0.3, -0.25) is 4.79 Å². The van der Waals surface area contributed by atoms with Crippen LogP contribution < -0.4 is 15.0 Å². The maximum Gasteiger partial charge on any atom is 0.338 e. The fourth-order valence-electron chi connectivity index (χ4n) is 2.47. The minimum atomic E-state index is -0.526. The molecule has 0 bridgehead atoms. The van der Waals surface area contributed by atoms with Gasteiger partial charge in [-0.25, -0.2) is 4.79 Å². The second-order valence-corrected chi connectivity index (χ2v) is 6.48. The van der Waals surface area contributed by atoms with Crippen molar-refractivity contribution < 1.29 is 19.1 Å². The lowest BCUT2D eigenvalue weighted by atomic mass is 10.1. The molecule has 0 saturated carbocycles. The minimum absolute atomic E-state index is 0.322. The predicted molar refractivity (Wildman–Crippen MR) is 105 cm³/mol. The Morgan fingerprint density at radius 1 is 1.04 bits per heavy atom. The van der Waals surface area contributed by atoms with Gasteiger partial charge in [0.05, 0.1) is 12.1 Å². The van der Waals surface area contributed by atoms with Gasteiger partial charge in [0.15, 0.2) is 6.61 Å². The predicted octanol–water partition coefficient (Wildman–Crippen LogP) is 2.72. The Morgan fingerprint density at radius 2 is 1.74 bits per heavy atom. The fraction of sp³-hybridized carbons (Fsp3) is 0.333. The largest absolute Gasteiger partial charge is 0.491 e. The van der Waals surface area contributed by atoms with Crippen LogP contribution in [0.4, 0.5) is 5.69 Å². The number of nitrogens with zero attached hydrogens (tertiary/aromatic N) is 1. The van der Waals surface area contributed by atoms with Crippen molar-refractivity contribution in [3.8, 4) is 5.75 Å². The smallest absolute Gasteiger partial charge is 0.338 e. The zero-order valence-electron chi connectivity index (χ0n) is 16.2. The van der Waals surface area contributed by atoms with E-state index in [9.17, 15) is 9.59 Å². The van der Waals surface area contributed by atoms with E-state index in [1.54, 1.807) is 12.1 Å². The number of benzene rings is 2. The zero-order chi connectivity index (χ0) is 19.8. The standard InChI is InChI=1S/C21H26N2O4/c1-15-5-10-19(16(2)13-15)26-12-11-22-20(24)14-27-21(25)17-6-8-18(9-7-17)23(3)4/h5-10,13H,11-12,14H2,1-4H3,(H,22,24). The van der Waals surface area contributed by atoms with E-state index in [1.165, 1.54) is 5.56 Å². The highest BCUT2D eigenvalue weighted by molar-refractivity contribution is 5.91. The molecule has 0 heterocycles. The topological polar surface area (TPSA) is 67.9 Å². The average molecular weight is 370 g/mol. The first-order valence-corrected chi connectivity index (χ1v) is 8.78. The first-order chi connectivity index (χ1) is 12.9. The van der Waals surface area contributed by atoms with Crippen LogP contribution in [-0.2, 0) is 9.53 Å². The number of nitrogens with one attached hydrogen (secondary N) is 1. The van der Waals surface area contributed by atoms with E-state index in [-0.39, 0.29) is 12.5 Å². The Balaban J connectivity index is 1.69. The van der Waals surface area contributed by atoms with Crippen molar-refractivity contribution in [2.75, 3.05) is 38.8 Å². The molecule has 0 spiro atoms. The molecule has 0 saturated heterocycles. The molecule has 0 aliphatic carbocycles. The summed E-state index contributed by atoms with van der Waals surface area (Å²) in [5, 5.41) is 2.67.